The molecule has 0 spiro atoms. The predicted octanol–water partition coefficient (Wildman–Crippen LogP) is 0.436. The van der Waals surface area contributed by atoms with E-state index >= 15 is 0 Å². The van der Waals surface area contributed by atoms with Gasteiger partial charge >= 0.3 is 11.4 Å². The number of nitrogens with two attached hydrogens (primary N) is 1. The fraction of sp³-hybridized carbons (Fsp3) is 0.750. The Morgan fingerprint density at radius 3 is 1.73 bits per heavy atom. The highest BCUT2D eigenvalue weighted by molar-refractivity contribution is 7.75. The molecule has 0 aromatic rings. The number of rotatable bonds is 6. The maximum atomic E-state index is 10.2. The second-order valence-corrected chi connectivity index (χ2v) is 3.45. The van der Waals surface area contributed by atoms with Crippen LogP contribution in [0.15, 0.2) is 0 Å². The third-order valence-corrected chi connectivity index (χ3v) is 1.71. The van der Waals surface area contributed by atoms with Crippen molar-refractivity contribution in [3.8, 4) is 0 Å². The van der Waals surface area contributed by atoms with Gasteiger partial charge in [0.15, 0.2) is 0 Å². The molecule has 0 aliphatic heterocycles. The Morgan fingerprint density at radius 1 is 1.20 bits per heavy atom. The summed E-state index contributed by atoms with van der Waals surface area (Å²) in [5.41, 5.74) is 0. The highest BCUT2D eigenvalue weighted by Crippen LogP contribution is 1.89. The van der Waals surface area contributed by atoms with Crippen LogP contribution in [0.4, 0.5) is 0 Å². The monoisotopic (exact) mass is 239 g/mol. The van der Waals surface area contributed by atoms with E-state index in [1.807, 2.05) is 0 Å². The molecule has 0 aliphatic carbocycles. The van der Waals surface area contributed by atoms with Crippen molar-refractivity contribution in [3.05, 3.63) is 0 Å². The molecule has 0 rings (SSSR count). The second-order valence-electron chi connectivity index (χ2n) is 2.61. The van der Waals surface area contributed by atoms with Gasteiger partial charge in [0.25, 0.3) is 0 Å². The summed E-state index contributed by atoms with van der Waals surface area (Å²) in [6, 6.07) is 0. The van der Waals surface area contributed by atoms with Gasteiger partial charge in [-0.15, -0.1) is 0 Å². The predicted molar refractivity (Wildman–Crippen MR) is 55.6 cm³/mol. The van der Waals surface area contributed by atoms with E-state index in [1.165, 1.54) is 13.8 Å². The molecule has 6 nitrogen and oxygen atoms in total. The van der Waals surface area contributed by atoms with E-state index in [2.05, 4.69) is 14.4 Å². The molecule has 15 heavy (non-hydrogen) atoms. The minimum Gasteiger partial charge on any atom is -0.300 e. The van der Waals surface area contributed by atoms with Gasteiger partial charge in [-0.1, -0.05) is 0 Å². The topological polar surface area (TPSA) is 95.7 Å². The first-order chi connectivity index (χ1) is 6.93. The Labute approximate surface area is 91.9 Å². The summed E-state index contributed by atoms with van der Waals surface area (Å²) in [5.74, 6) is 4.60. The van der Waals surface area contributed by atoms with Crippen LogP contribution in [0.2, 0.25) is 0 Å². The molecule has 7 heteroatoms. The van der Waals surface area contributed by atoms with Gasteiger partial charge in [0, 0.05) is 12.8 Å². The zero-order valence-electron chi connectivity index (χ0n) is 9.15. The zero-order valence-corrected chi connectivity index (χ0v) is 9.96. The highest BCUT2D eigenvalue weighted by atomic mass is 32.2. The number of Topliss-reactive ketones (excluding diaryl/α,β-unsaturated/α-hetero) is 2. The van der Waals surface area contributed by atoms with Gasteiger partial charge in [-0.05, 0) is 20.8 Å². The normalized spacial score (nSPS) is 11.2. The van der Waals surface area contributed by atoms with Gasteiger partial charge in [0.1, 0.15) is 11.6 Å². The van der Waals surface area contributed by atoms with Crippen LogP contribution in [0.25, 0.3) is 0 Å². The molecule has 0 aromatic heterocycles. The minimum atomic E-state index is -1.75. The fourth-order valence-electron chi connectivity index (χ4n) is 0.476. The summed E-state index contributed by atoms with van der Waals surface area (Å²) in [7, 11) is 0. The smallest absolute Gasteiger partial charge is 0.300 e. The molecule has 0 aliphatic rings. The molecule has 1 atom stereocenters. The number of hydrogen-bond acceptors (Lipinski definition) is 6. The van der Waals surface area contributed by atoms with Crippen LogP contribution in [0.1, 0.15) is 33.6 Å². The molecule has 0 heterocycles. The average Bonchev–Trinajstić information content (AvgIpc) is 2.16. The molecule has 0 bridgehead atoms. The van der Waals surface area contributed by atoms with Crippen molar-refractivity contribution in [2.24, 2.45) is 5.90 Å². The van der Waals surface area contributed by atoms with Gasteiger partial charge in [-0.2, -0.15) is 14.4 Å². The number of carbonyl (C=O) groups excluding carboxylic acids is 2. The summed E-state index contributed by atoms with van der Waals surface area (Å²) >= 11 is -1.75. The summed E-state index contributed by atoms with van der Waals surface area (Å²) in [4.78, 5) is 20.4. The third-order valence-electron chi connectivity index (χ3n) is 1.12. The summed E-state index contributed by atoms with van der Waals surface area (Å²) < 4.78 is 18.0. The first-order valence-electron chi connectivity index (χ1n) is 4.35. The maximum absolute atomic E-state index is 10.2. The molecule has 90 valence electrons. The van der Waals surface area contributed by atoms with Crippen LogP contribution < -0.4 is 5.90 Å². The molecular weight excluding hydrogens is 222 g/mol. The van der Waals surface area contributed by atoms with Crippen LogP contribution in [-0.2, 0) is 29.4 Å². The maximum Gasteiger partial charge on any atom is 0.322 e. The van der Waals surface area contributed by atoms with Crippen LogP contribution >= 0.6 is 0 Å². The lowest BCUT2D eigenvalue weighted by Crippen LogP contribution is -2.06. The van der Waals surface area contributed by atoms with Crippen LogP contribution in [-0.4, -0.2) is 22.4 Å². The standard InChI is InChI=1S/C6H10O2.C2H7NO3S/c1-5(7)3-4-6(2)8;1-2-5-7(4)6-3/h3-4H2,1-2H3;2-3H2,1H3. The van der Waals surface area contributed by atoms with E-state index in [1.54, 1.807) is 6.92 Å². The molecular formula is C8H17NO5S. The van der Waals surface area contributed by atoms with Crippen molar-refractivity contribution in [2.75, 3.05) is 6.61 Å². The van der Waals surface area contributed by atoms with Crippen LogP contribution in [0.3, 0.4) is 0 Å². The highest BCUT2D eigenvalue weighted by Gasteiger charge is 1.95. The molecule has 0 aromatic carbocycles. The minimum absolute atomic E-state index is 0.0835. The van der Waals surface area contributed by atoms with Crippen LogP contribution in [0, 0.1) is 0 Å². The molecule has 0 saturated heterocycles. The van der Waals surface area contributed by atoms with E-state index in [0.717, 1.165) is 0 Å². The van der Waals surface area contributed by atoms with Crippen molar-refractivity contribution >= 4 is 22.9 Å². The number of carbonyl (C=O) groups is 2. The van der Waals surface area contributed by atoms with Crippen molar-refractivity contribution in [1.82, 2.24) is 0 Å². The average molecular weight is 239 g/mol. The lowest BCUT2D eigenvalue weighted by Gasteiger charge is -1.91. The van der Waals surface area contributed by atoms with Gasteiger partial charge in [-0.25, -0.2) is 0 Å². The van der Waals surface area contributed by atoms with Crippen LogP contribution in [0.5, 0.6) is 0 Å². The Kier molecular flexibility index (Phi) is 12.8. The summed E-state index contributed by atoms with van der Waals surface area (Å²) in [6.45, 7) is 5.01. The molecule has 0 amide bonds. The molecule has 0 radical (unpaired) electrons. The lowest BCUT2D eigenvalue weighted by atomic mass is 10.2. The largest absolute Gasteiger partial charge is 0.322 e. The van der Waals surface area contributed by atoms with E-state index < -0.39 is 11.4 Å². The van der Waals surface area contributed by atoms with Crippen molar-refractivity contribution < 1.29 is 22.3 Å². The fourth-order valence-corrected chi connectivity index (χ4v) is 0.724. The number of hydrogen-bond donors (Lipinski definition) is 1. The Balaban J connectivity index is 0. The SMILES string of the molecule is CC(=O)CCC(C)=O.CCOS(=O)ON. The molecule has 1 unspecified atom stereocenters. The van der Waals surface area contributed by atoms with Gasteiger partial charge in [0.05, 0.1) is 6.61 Å². The molecule has 0 fully saturated rings. The van der Waals surface area contributed by atoms with Gasteiger partial charge < -0.3 is 9.59 Å². The first kappa shape index (κ1) is 16.8. The lowest BCUT2D eigenvalue weighted by molar-refractivity contribution is -0.122. The Hall–Kier alpha value is -0.630. The summed E-state index contributed by atoms with van der Waals surface area (Å²) in [5, 5.41) is 0. The molecule has 2 N–H and O–H groups in total. The van der Waals surface area contributed by atoms with E-state index in [0.29, 0.717) is 19.4 Å². The van der Waals surface area contributed by atoms with Gasteiger partial charge in [-0.3, -0.25) is 4.18 Å². The zero-order chi connectivity index (χ0) is 12.3. The summed E-state index contributed by atoms with van der Waals surface area (Å²) in [6.07, 6.45) is 0.796. The number of ketones is 2. The second kappa shape index (κ2) is 11.4. The van der Waals surface area contributed by atoms with E-state index in [-0.39, 0.29) is 11.6 Å². The third kappa shape index (κ3) is 19.7. The van der Waals surface area contributed by atoms with E-state index in [9.17, 15) is 13.8 Å². The quantitative estimate of drug-likeness (QED) is 0.675. The van der Waals surface area contributed by atoms with Crippen molar-refractivity contribution in [1.29, 1.82) is 0 Å². The first-order valence-corrected chi connectivity index (χ1v) is 5.35. The van der Waals surface area contributed by atoms with Crippen molar-refractivity contribution in [3.63, 3.8) is 0 Å². The van der Waals surface area contributed by atoms with Crippen molar-refractivity contribution in [2.45, 2.75) is 33.6 Å². The Morgan fingerprint density at radius 2 is 1.60 bits per heavy atom. The van der Waals surface area contributed by atoms with Gasteiger partial charge in [0.2, 0.25) is 0 Å². The Bertz CT molecular complexity index is 205. The molecule has 0 saturated carbocycles. The van der Waals surface area contributed by atoms with E-state index in [4.69, 9.17) is 0 Å².